The molecular formula is C16H24N2O2. The molecule has 1 aliphatic rings. The molecule has 0 unspecified atom stereocenters. The molecule has 1 aliphatic heterocycles. The van der Waals surface area contributed by atoms with Crippen LogP contribution in [0.25, 0.3) is 0 Å². The first-order valence-electron chi connectivity index (χ1n) is 7.35. The van der Waals surface area contributed by atoms with Crippen molar-refractivity contribution in [2.75, 3.05) is 19.6 Å². The Morgan fingerprint density at radius 1 is 1.40 bits per heavy atom. The van der Waals surface area contributed by atoms with E-state index >= 15 is 0 Å². The second-order valence-corrected chi connectivity index (χ2v) is 5.42. The second-order valence-electron chi connectivity index (χ2n) is 5.42. The average molecular weight is 276 g/mol. The van der Waals surface area contributed by atoms with Gasteiger partial charge in [0.15, 0.2) is 0 Å². The Hall–Kier alpha value is -1.39. The first kappa shape index (κ1) is 15.0. The van der Waals surface area contributed by atoms with E-state index in [4.69, 9.17) is 10.5 Å². The number of benzene rings is 1. The molecule has 0 spiro atoms. The van der Waals surface area contributed by atoms with Gasteiger partial charge in [-0.3, -0.25) is 4.79 Å². The minimum absolute atomic E-state index is 0.0897. The van der Waals surface area contributed by atoms with Gasteiger partial charge >= 0.3 is 0 Å². The lowest BCUT2D eigenvalue weighted by Gasteiger charge is -2.38. The predicted molar refractivity (Wildman–Crippen MR) is 79.4 cm³/mol. The molecule has 3 atom stereocenters. The summed E-state index contributed by atoms with van der Waals surface area (Å²) in [4.78, 5) is 14.6. The summed E-state index contributed by atoms with van der Waals surface area (Å²) in [5, 5.41) is 0. The highest BCUT2D eigenvalue weighted by atomic mass is 16.5. The van der Waals surface area contributed by atoms with E-state index in [1.807, 2.05) is 42.2 Å². The van der Waals surface area contributed by atoms with Gasteiger partial charge in [-0.2, -0.15) is 0 Å². The summed E-state index contributed by atoms with van der Waals surface area (Å²) in [5.74, 6) is -0.133. The molecule has 1 aromatic carbocycles. The van der Waals surface area contributed by atoms with Crippen LogP contribution in [0, 0.1) is 0 Å². The minimum Gasteiger partial charge on any atom is -0.372 e. The normalized spacial score (nSPS) is 24.4. The smallest absolute Gasteiger partial charge is 0.231 e. The van der Waals surface area contributed by atoms with Gasteiger partial charge in [0, 0.05) is 19.6 Å². The number of ether oxygens (including phenoxy) is 1. The zero-order valence-corrected chi connectivity index (χ0v) is 12.3. The van der Waals surface area contributed by atoms with E-state index in [1.54, 1.807) is 0 Å². The molecule has 0 radical (unpaired) electrons. The van der Waals surface area contributed by atoms with E-state index in [0.29, 0.717) is 19.6 Å². The van der Waals surface area contributed by atoms with E-state index < -0.39 is 0 Å². The van der Waals surface area contributed by atoms with Crippen LogP contribution in [-0.2, 0) is 9.53 Å². The van der Waals surface area contributed by atoms with Gasteiger partial charge < -0.3 is 15.4 Å². The molecule has 110 valence electrons. The van der Waals surface area contributed by atoms with Gasteiger partial charge in [-0.05, 0) is 18.9 Å². The fourth-order valence-corrected chi connectivity index (χ4v) is 2.74. The summed E-state index contributed by atoms with van der Waals surface area (Å²) in [6, 6.07) is 9.78. The van der Waals surface area contributed by atoms with Crippen LogP contribution in [0.15, 0.2) is 30.3 Å². The summed E-state index contributed by atoms with van der Waals surface area (Å²) in [6.07, 6.45) is 1.15. The highest BCUT2D eigenvalue weighted by Gasteiger charge is 2.31. The molecule has 20 heavy (non-hydrogen) atoms. The van der Waals surface area contributed by atoms with Crippen molar-refractivity contribution in [2.45, 2.75) is 38.4 Å². The lowest BCUT2D eigenvalue weighted by Crippen LogP contribution is -2.51. The van der Waals surface area contributed by atoms with Crippen molar-refractivity contribution in [1.29, 1.82) is 0 Å². The number of carbonyl (C=O) groups is 1. The molecule has 1 amide bonds. The summed E-state index contributed by atoms with van der Waals surface area (Å²) in [6.45, 7) is 5.76. The largest absolute Gasteiger partial charge is 0.372 e. The maximum atomic E-state index is 12.7. The van der Waals surface area contributed by atoms with Crippen molar-refractivity contribution in [3.05, 3.63) is 35.9 Å². The molecule has 2 N–H and O–H groups in total. The monoisotopic (exact) mass is 276 g/mol. The highest BCUT2D eigenvalue weighted by molar-refractivity contribution is 5.84. The summed E-state index contributed by atoms with van der Waals surface area (Å²) in [5.41, 5.74) is 6.83. The fourth-order valence-electron chi connectivity index (χ4n) is 2.74. The van der Waals surface area contributed by atoms with Gasteiger partial charge in [-0.1, -0.05) is 37.3 Å². The number of amides is 1. The first-order chi connectivity index (χ1) is 9.65. The Labute approximate surface area is 120 Å². The lowest BCUT2D eigenvalue weighted by molar-refractivity contribution is -0.145. The van der Waals surface area contributed by atoms with E-state index in [2.05, 4.69) is 6.92 Å². The second kappa shape index (κ2) is 6.86. The SMILES string of the molecule is CC[C@@H]1CN(C(=O)[C@@H](CN)c2ccccc2)C[C@@H](C)O1. The van der Waals surface area contributed by atoms with Crippen molar-refractivity contribution in [3.63, 3.8) is 0 Å². The van der Waals surface area contributed by atoms with Gasteiger partial charge in [0.2, 0.25) is 5.91 Å². The van der Waals surface area contributed by atoms with Crippen molar-refractivity contribution in [2.24, 2.45) is 5.73 Å². The summed E-state index contributed by atoms with van der Waals surface area (Å²) in [7, 11) is 0. The molecule has 2 rings (SSSR count). The van der Waals surface area contributed by atoms with E-state index in [-0.39, 0.29) is 24.0 Å². The third kappa shape index (κ3) is 3.38. The number of rotatable bonds is 4. The average Bonchev–Trinajstić information content (AvgIpc) is 2.48. The standard InChI is InChI=1S/C16H24N2O2/c1-3-14-11-18(10-12(2)20-14)16(19)15(9-17)13-7-5-4-6-8-13/h4-8,12,14-15H,3,9-11,17H2,1-2H3/t12-,14-,15+/m1/s1. The number of carbonyl (C=O) groups excluding carboxylic acids is 1. The molecular weight excluding hydrogens is 252 g/mol. The summed E-state index contributed by atoms with van der Waals surface area (Å²) >= 11 is 0. The quantitative estimate of drug-likeness (QED) is 0.911. The molecule has 0 bridgehead atoms. The van der Waals surface area contributed by atoms with Gasteiger partial charge in [0.05, 0.1) is 18.1 Å². The van der Waals surface area contributed by atoms with Crippen LogP contribution in [0.1, 0.15) is 31.7 Å². The Morgan fingerprint density at radius 3 is 2.70 bits per heavy atom. The number of nitrogens with zero attached hydrogens (tertiary/aromatic N) is 1. The van der Waals surface area contributed by atoms with Crippen LogP contribution < -0.4 is 5.73 Å². The Bertz CT molecular complexity index is 435. The Kier molecular flexibility index (Phi) is 5.15. The lowest BCUT2D eigenvalue weighted by atomic mass is 9.97. The Balaban J connectivity index is 2.12. The third-order valence-electron chi connectivity index (χ3n) is 3.83. The molecule has 4 heteroatoms. The van der Waals surface area contributed by atoms with E-state index in [1.165, 1.54) is 0 Å². The molecule has 1 saturated heterocycles. The highest BCUT2D eigenvalue weighted by Crippen LogP contribution is 2.21. The third-order valence-corrected chi connectivity index (χ3v) is 3.83. The zero-order chi connectivity index (χ0) is 14.5. The molecule has 1 fully saturated rings. The number of hydrogen-bond acceptors (Lipinski definition) is 3. The predicted octanol–water partition coefficient (Wildman–Crippen LogP) is 1.75. The van der Waals surface area contributed by atoms with Crippen LogP contribution in [0.4, 0.5) is 0 Å². The number of nitrogens with two attached hydrogens (primary N) is 1. The van der Waals surface area contributed by atoms with E-state index in [0.717, 1.165) is 12.0 Å². The molecule has 0 saturated carbocycles. The first-order valence-corrected chi connectivity index (χ1v) is 7.35. The number of hydrogen-bond donors (Lipinski definition) is 1. The zero-order valence-electron chi connectivity index (χ0n) is 12.3. The van der Waals surface area contributed by atoms with Crippen molar-refractivity contribution in [3.8, 4) is 0 Å². The number of morpholine rings is 1. The van der Waals surface area contributed by atoms with Crippen LogP contribution in [0.3, 0.4) is 0 Å². The van der Waals surface area contributed by atoms with Gasteiger partial charge in [0.25, 0.3) is 0 Å². The van der Waals surface area contributed by atoms with Gasteiger partial charge in [-0.25, -0.2) is 0 Å². The molecule has 4 nitrogen and oxygen atoms in total. The van der Waals surface area contributed by atoms with Crippen LogP contribution in [-0.4, -0.2) is 42.6 Å². The maximum absolute atomic E-state index is 12.7. The van der Waals surface area contributed by atoms with Gasteiger partial charge in [-0.15, -0.1) is 0 Å². The molecule has 0 aliphatic carbocycles. The minimum atomic E-state index is -0.251. The molecule has 1 heterocycles. The fraction of sp³-hybridized carbons (Fsp3) is 0.562. The van der Waals surface area contributed by atoms with Crippen molar-refractivity contribution >= 4 is 5.91 Å². The van der Waals surface area contributed by atoms with Crippen molar-refractivity contribution in [1.82, 2.24) is 4.90 Å². The van der Waals surface area contributed by atoms with Crippen LogP contribution in [0.5, 0.6) is 0 Å². The molecule has 0 aromatic heterocycles. The van der Waals surface area contributed by atoms with Crippen LogP contribution in [0.2, 0.25) is 0 Å². The maximum Gasteiger partial charge on any atom is 0.231 e. The molecule has 1 aromatic rings. The summed E-state index contributed by atoms with van der Waals surface area (Å²) < 4.78 is 5.81. The van der Waals surface area contributed by atoms with Gasteiger partial charge in [0.1, 0.15) is 0 Å². The topological polar surface area (TPSA) is 55.6 Å². The van der Waals surface area contributed by atoms with Crippen LogP contribution >= 0.6 is 0 Å². The van der Waals surface area contributed by atoms with E-state index in [9.17, 15) is 4.79 Å². The van der Waals surface area contributed by atoms with Crippen molar-refractivity contribution < 1.29 is 9.53 Å². The Morgan fingerprint density at radius 2 is 2.10 bits per heavy atom.